The summed E-state index contributed by atoms with van der Waals surface area (Å²) < 4.78 is 1.74. The van der Waals surface area contributed by atoms with Gasteiger partial charge in [-0.05, 0) is 39.0 Å². The third-order valence-electron chi connectivity index (χ3n) is 2.91. The Balaban J connectivity index is 2.50. The van der Waals surface area contributed by atoms with E-state index in [0.29, 0.717) is 22.8 Å². The summed E-state index contributed by atoms with van der Waals surface area (Å²) in [5.74, 6) is -0.0919. The second-order valence-electron chi connectivity index (χ2n) is 4.30. The second-order valence-corrected chi connectivity index (χ2v) is 4.73. The standard InChI is InChI=1S/C14H16ClN3O/c1-4-16-14(19)13-9(2)17-18(10(13)3)12-7-5-6-11(15)8-12/h5-8H,4H2,1-3H3,(H,16,19). The van der Waals surface area contributed by atoms with Crippen LogP contribution in [0, 0.1) is 13.8 Å². The van der Waals surface area contributed by atoms with Crippen molar-refractivity contribution in [3.63, 3.8) is 0 Å². The van der Waals surface area contributed by atoms with Gasteiger partial charge in [-0.2, -0.15) is 5.10 Å². The maximum atomic E-state index is 12.0. The average molecular weight is 278 g/mol. The van der Waals surface area contributed by atoms with E-state index in [4.69, 9.17) is 11.6 Å². The number of aromatic nitrogens is 2. The first-order chi connectivity index (χ1) is 9.04. The van der Waals surface area contributed by atoms with Gasteiger partial charge in [0, 0.05) is 11.6 Å². The molecule has 0 aliphatic rings. The SMILES string of the molecule is CCNC(=O)c1c(C)nn(-c2cccc(Cl)c2)c1C. The van der Waals surface area contributed by atoms with E-state index in [1.165, 1.54) is 0 Å². The highest BCUT2D eigenvalue weighted by Gasteiger charge is 2.18. The minimum absolute atomic E-state index is 0.0919. The number of rotatable bonds is 3. The molecule has 19 heavy (non-hydrogen) atoms. The lowest BCUT2D eigenvalue weighted by Crippen LogP contribution is -2.23. The molecule has 2 aromatic rings. The number of carbonyl (C=O) groups excluding carboxylic acids is 1. The van der Waals surface area contributed by atoms with Crippen molar-refractivity contribution in [2.45, 2.75) is 20.8 Å². The number of aryl methyl sites for hydroxylation is 1. The number of hydrogen-bond donors (Lipinski definition) is 1. The third kappa shape index (κ3) is 2.63. The minimum atomic E-state index is -0.0919. The molecule has 0 saturated carbocycles. The lowest BCUT2D eigenvalue weighted by molar-refractivity contribution is 0.0954. The van der Waals surface area contributed by atoms with Crippen LogP contribution < -0.4 is 5.32 Å². The molecule has 5 heteroatoms. The molecule has 0 aliphatic carbocycles. The van der Waals surface area contributed by atoms with Gasteiger partial charge in [0.05, 0.1) is 22.6 Å². The summed E-state index contributed by atoms with van der Waals surface area (Å²) in [6, 6.07) is 7.40. The van der Waals surface area contributed by atoms with E-state index >= 15 is 0 Å². The predicted molar refractivity (Wildman–Crippen MR) is 76.1 cm³/mol. The number of halogens is 1. The summed E-state index contributed by atoms with van der Waals surface area (Å²) >= 11 is 5.99. The van der Waals surface area contributed by atoms with Crippen molar-refractivity contribution in [2.24, 2.45) is 0 Å². The van der Waals surface area contributed by atoms with Crippen LogP contribution >= 0.6 is 11.6 Å². The Hall–Kier alpha value is -1.81. The van der Waals surface area contributed by atoms with Gasteiger partial charge in [0.1, 0.15) is 0 Å². The molecule has 100 valence electrons. The van der Waals surface area contributed by atoms with Crippen LogP contribution in [0.25, 0.3) is 5.69 Å². The van der Waals surface area contributed by atoms with Crippen LogP contribution in [-0.4, -0.2) is 22.2 Å². The molecule has 0 unspecified atom stereocenters. The molecule has 0 atom stereocenters. The summed E-state index contributed by atoms with van der Waals surface area (Å²) in [4.78, 5) is 12.0. The van der Waals surface area contributed by atoms with Gasteiger partial charge in [0.25, 0.3) is 5.91 Å². The molecular formula is C14H16ClN3O. The van der Waals surface area contributed by atoms with Crippen LogP contribution in [0.1, 0.15) is 28.7 Å². The van der Waals surface area contributed by atoms with Crippen LogP contribution in [0.3, 0.4) is 0 Å². The number of benzene rings is 1. The first-order valence-corrected chi connectivity index (χ1v) is 6.52. The molecule has 0 bridgehead atoms. The Morgan fingerprint density at radius 3 is 2.79 bits per heavy atom. The van der Waals surface area contributed by atoms with Crippen LogP contribution in [-0.2, 0) is 0 Å². The van der Waals surface area contributed by atoms with Gasteiger partial charge in [-0.1, -0.05) is 17.7 Å². The zero-order valence-corrected chi connectivity index (χ0v) is 12.0. The molecule has 4 nitrogen and oxygen atoms in total. The van der Waals surface area contributed by atoms with E-state index in [1.807, 2.05) is 39.0 Å². The molecule has 1 heterocycles. The van der Waals surface area contributed by atoms with E-state index in [2.05, 4.69) is 10.4 Å². The van der Waals surface area contributed by atoms with Crippen LogP contribution in [0.15, 0.2) is 24.3 Å². The topological polar surface area (TPSA) is 46.9 Å². The molecule has 0 fully saturated rings. The molecule has 2 rings (SSSR count). The Bertz CT molecular complexity index is 619. The molecule has 1 aromatic carbocycles. The van der Waals surface area contributed by atoms with Crippen molar-refractivity contribution in [3.05, 3.63) is 46.2 Å². The summed E-state index contributed by atoms with van der Waals surface area (Å²) in [6.07, 6.45) is 0. The Morgan fingerprint density at radius 2 is 2.16 bits per heavy atom. The lowest BCUT2D eigenvalue weighted by atomic mass is 10.2. The van der Waals surface area contributed by atoms with Crippen molar-refractivity contribution in [1.29, 1.82) is 0 Å². The zero-order valence-electron chi connectivity index (χ0n) is 11.2. The number of nitrogens with one attached hydrogen (secondary N) is 1. The van der Waals surface area contributed by atoms with E-state index in [1.54, 1.807) is 10.7 Å². The molecule has 0 aliphatic heterocycles. The molecule has 0 spiro atoms. The molecular weight excluding hydrogens is 262 g/mol. The highest BCUT2D eigenvalue weighted by molar-refractivity contribution is 6.30. The Labute approximate surface area is 117 Å². The monoisotopic (exact) mass is 277 g/mol. The largest absolute Gasteiger partial charge is 0.352 e. The summed E-state index contributed by atoms with van der Waals surface area (Å²) in [7, 11) is 0. The number of hydrogen-bond acceptors (Lipinski definition) is 2. The van der Waals surface area contributed by atoms with Crippen molar-refractivity contribution >= 4 is 17.5 Å². The van der Waals surface area contributed by atoms with Crippen LogP contribution in [0.2, 0.25) is 5.02 Å². The van der Waals surface area contributed by atoms with Gasteiger partial charge in [-0.25, -0.2) is 4.68 Å². The molecule has 1 aromatic heterocycles. The van der Waals surface area contributed by atoms with Crippen LogP contribution in [0.5, 0.6) is 0 Å². The lowest BCUT2D eigenvalue weighted by Gasteiger charge is -2.06. The van der Waals surface area contributed by atoms with Gasteiger partial charge in [-0.15, -0.1) is 0 Å². The molecule has 0 saturated heterocycles. The Morgan fingerprint density at radius 1 is 1.42 bits per heavy atom. The number of amides is 1. The van der Waals surface area contributed by atoms with Gasteiger partial charge < -0.3 is 5.32 Å². The fourth-order valence-electron chi connectivity index (χ4n) is 2.08. The van der Waals surface area contributed by atoms with Crippen LogP contribution in [0.4, 0.5) is 0 Å². The summed E-state index contributed by atoms with van der Waals surface area (Å²) in [5, 5.41) is 7.87. The maximum Gasteiger partial charge on any atom is 0.255 e. The quantitative estimate of drug-likeness (QED) is 0.938. The van der Waals surface area contributed by atoms with Gasteiger partial charge in [0.15, 0.2) is 0 Å². The van der Waals surface area contributed by atoms with Crippen molar-refractivity contribution < 1.29 is 4.79 Å². The van der Waals surface area contributed by atoms with Gasteiger partial charge in [0.2, 0.25) is 0 Å². The molecule has 0 radical (unpaired) electrons. The first-order valence-electron chi connectivity index (χ1n) is 6.15. The highest BCUT2D eigenvalue weighted by Crippen LogP contribution is 2.20. The van der Waals surface area contributed by atoms with E-state index in [9.17, 15) is 4.79 Å². The van der Waals surface area contributed by atoms with E-state index in [-0.39, 0.29) is 5.91 Å². The molecule has 1 N–H and O–H groups in total. The number of nitrogens with zero attached hydrogens (tertiary/aromatic N) is 2. The maximum absolute atomic E-state index is 12.0. The van der Waals surface area contributed by atoms with E-state index < -0.39 is 0 Å². The van der Waals surface area contributed by atoms with Crippen molar-refractivity contribution in [2.75, 3.05) is 6.54 Å². The van der Waals surface area contributed by atoms with E-state index in [0.717, 1.165) is 11.4 Å². The smallest absolute Gasteiger partial charge is 0.255 e. The zero-order chi connectivity index (χ0) is 14.0. The predicted octanol–water partition coefficient (Wildman–Crippen LogP) is 2.89. The second kappa shape index (κ2) is 5.45. The average Bonchev–Trinajstić information content (AvgIpc) is 2.65. The summed E-state index contributed by atoms with van der Waals surface area (Å²) in [5.41, 5.74) is 3.00. The Kier molecular flexibility index (Phi) is 3.90. The van der Waals surface area contributed by atoms with Gasteiger partial charge >= 0.3 is 0 Å². The fraction of sp³-hybridized carbons (Fsp3) is 0.286. The fourth-order valence-corrected chi connectivity index (χ4v) is 2.26. The van der Waals surface area contributed by atoms with Crippen molar-refractivity contribution in [1.82, 2.24) is 15.1 Å². The third-order valence-corrected chi connectivity index (χ3v) is 3.14. The molecule has 1 amide bonds. The first kappa shape index (κ1) is 13.6. The normalized spacial score (nSPS) is 10.5. The summed E-state index contributed by atoms with van der Waals surface area (Å²) in [6.45, 7) is 6.20. The number of carbonyl (C=O) groups is 1. The highest BCUT2D eigenvalue weighted by atomic mass is 35.5. The minimum Gasteiger partial charge on any atom is -0.352 e. The van der Waals surface area contributed by atoms with Crippen molar-refractivity contribution in [3.8, 4) is 5.69 Å². The van der Waals surface area contributed by atoms with Gasteiger partial charge in [-0.3, -0.25) is 4.79 Å².